The highest BCUT2D eigenvalue weighted by Gasteiger charge is 2.17. The maximum Gasteiger partial charge on any atom is 0.323 e. The van der Waals surface area contributed by atoms with Crippen LogP contribution in [0, 0.1) is 0 Å². The highest BCUT2D eigenvalue weighted by molar-refractivity contribution is 5.97. The molecule has 0 bridgehead atoms. The van der Waals surface area contributed by atoms with Gasteiger partial charge in [-0.3, -0.25) is 9.59 Å². The summed E-state index contributed by atoms with van der Waals surface area (Å²) < 4.78 is 0. The Bertz CT molecular complexity index is 687. The Balaban J connectivity index is 2.14. The summed E-state index contributed by atoms with van der Waals surface area (Å²) in [5.74, 6) is -1.74. The zero-order valence-corrected chi connectivity index (χ0v) is 9.77. The van der Waals surface area contributed by atoms with E-state index < -0.39 is 24.3 Å². The van der Waals surface area contributed by atoms with Crippen LogP contribution in [0.5, 0.6) is 0 Å². The first-order valence-corrected chi connectivity index (χ1v) is 5.46. The number of rotatable bonds is 4. The van der Waals surface area contributed by atoms with Gasteiger partial charge in [-0.05, 0) is 18.2 Å². The number of aromatic amines is 2. The Kier molecular flexibility index (Phi) is 3.34. The van der Waals surface area contributed by atoms with Gasteiger partial charge in [0, 0.05) is 5.69 Å². The maximum absolute atomic E-state index is 11.6. The predicted molar refractivity (Wildman–Crippen MR) is 67.8 cm³/mol. The molecule has 0 fully saturated rings. The van der Waals surface area contributed by atoms with Gasteiger partial charge < -0.3 is 26.1 Å². The molecular weight excluding hydrogens is 252 g/mol. The monoisotopic (exact) mass is 264 g/mol. The van der Waals surface area contributed by atoms with Crippen LogP contribution in [0.25, 0.3) is 11.0 Å². The molecule has 1 amide bonds. The van der Waals surface area contributed by atoms with Crippen molar-refractivity contribution in [2.24, 2.45) is 5.73 Å². The number of nitrogens with one attached hydrogen (secondary N) is 3. The predicted octanol–water partition coefficient (Wildman–Crippen LogP) is -0.403. The second kappa shape index (κ2) is 4.94. The average molecular weight is 264 g/mol. The minimum absolute atomic E-state index is 0.346. The number of carboxylic acid groups (broad SMARTS) is 1. The first kappa shape index (κ1) is 12.8. The van der Waals surface area contributed by atoms with Gasteiger partial charge in [-0.1, -0.05) is 0 Å². The lowest BCUT2D eigenvalue weighted by Gasteiger charge is -2.10. The fraction of sp³-hybridized carbons (Fsp3) is 0.182. The lowest BCUT2D eigenvalue weighted by atomic mass is 10.2. The Morgan fingerprint density at radius 3 is 2.68 bits per heavy atom. The molecule has 0 saturated heterocycles. The molecule has 0 saturated carbocycles. The van der Waals surface area contributed by atoms with Crippen molar-refractivity contribution in [1.29, 1.82) is 0 Å². The number of aromatic nitrogens is 2. The summed E-state index contributed by atoms with van der Waals surface area (Å²) in [6.45, 7) is 0. The van der Waals surface area contributed by atoms with E-state index in [1.54, 1.807) is 18.2 Å². The summed E-state index contributed by atoms with van der Waals surface area (Å²) in [6, 6.07) is 3.63. The van der Waals surface area contributed by atoms with Crippen LogP contribution in [-0.4, -0.2) is 33.0 Å². The van der Waals surface area contributed by atoms with Gasteiger partial charge in [-0.25, -0.2) is 4.79 Å². The number of anilines is 1. The van der Waals surface area contributed by atoms with E-state index in [0.717, 1.165) is 0 Å². The van der Waals surface area contributed by atoms with Crippen molar-refractivity contribution in [2.45, 2.75) is 12.5 Å². The van der Waals surface area contributed by atoms with Crippen molar-refractivity contribution < 1.29 is 14.7 Å². The Hall–Kier alpha value is -2.61. The smallest absolute Gasteiger partial charge is 0.323 e. The van der Waals surface area contributed by atoms with E-state index in [4.69, 9.17) is 10.8 Å². The Labute approximate surface area is 106 Å². The van der Waals surface area contributed by atoms with Crippen LogP contribution in [0.2, 0.25) is 0 Å². The van der Waals surface area contributed by atoms with E-state index in [1.165, 1.54) is 0 Å². The van der Waals surface area contributed by atoms with Gasteiger partial charge in [-0.15, -0.1) is 0 Å². The number of aliphatic carboxylic acids is 1. The zero-order valence-electron chi connectivity index (χ0n) is 9.77. The largest absolute Gasteiger partial charge is 0.481 e. The summed E-state index contributed by atoms with van der Waals surface area (Å²) in [4.78, 5) is 38.2. The molecule has 0 aliphatic heterocycles. The van der Waals surface area contributed by atoms with Gasteiger partial charge in [0.15, 0.2) is 0 Å². The number of hydrogen-bond donors (Lipinski definition) is 5. The number of imidazole rings is 1. The normalized spacial score (nSPS) is 12.3. The van der Waals surface area contributed by atoms with Gasteiger partial charge in [-0.2, -0.15) is 0 Å². The molecule has 19 heavy (non-hydrogen) atoms. The molecule has 1 unspecified atom stereocenters. The molecule has 1 aromatic carbocycles. The molecule has 0 aliphatic rings. The second-order valence-corrected chi connectivity index (χ2v) is 4.03. The maximum atomic E-state index is 11.6. The minimum Gasteiger partial charge on any atom is -0.481 e. The molecule has 1 atom stereocenters. The quantitative estimate of drug-likeness (QED) is 0.510. The van der Waals surface area contributed by atoms with Gasteiger partial charge >= 0.3 is 11.7 Å². The van der Waals surface area contributed by atoms with E-state index >= 15 is 0 Å². The summed E-state index contributed by atoms with van der Waals surface area (Å²) in [5.41, 5.74) is 6.65. The van der Waals surface area contributed by atoms with E-state index in [2.05, 4.69) is 15.3 Å². The second-order valence-electron chi connectivity index (χ2n) is 4.03. The van der Waals surface area contributed by atoms with Crippen LogP contribution in [0.15, 0.2) is 23.0 Å². The Morgan fingerprint density at radius 2 is 2.00 bits per heavy atom. The van der Waals surface area contributed by atoms with Crippen LogP contribution in [-0.2, 0) is 9.59 Å². The minimum atomic E-state index is -1.15. The number of nitrogens with two attached hydrogens (primary N) is 1. The highest BCUT2D eigenvalue weighted by Crippen LogP contribution is 2.14. The number of carbonyl (C=O) groups excluding carboxylic acids is 1. The van der Waals surface area contributed by atoms with Gasteiger partial charge in [0.25, 0.3) is 0 Å². The van der Waals surface area contributed by atoms with Crippen molar-refractivity contribution >= 4 is 28.6 Å². The van der Waals surface area contributed by atoms with Crippen molar-refractivity contribution in [3.63, 3.8) is 0 Å². The third kappa shape index (κ3) is 2.99. The third-order valence-electron chi connectivity index (χ3n) is 2.51. The molecule has 8 heteroatoms. The molecule has 100 valence electrons. The van der Waals surface area contributed by atoms with Crippen molar-refractivity contribution in [3.05, 3.63) is 28.7 Å². The molecule has 0 radical (unpaired) electrons. The van der Waals surface area contributed by atoms with Crippen LogP contribution >= 0.6 is 0 Å². The first-order valence-electron chi connectivity index (χ1n) is 5.46. The fourth-order valence-electron chi connectivity index (χ4n) is 1.63. The number of fused-ring (bicyclic) bond motifs is 1. The lowest BCUT2D eigenvalue weighted by Crippen LogP contribution is -2.37. The molecule has 8 nitrogen and oxygen atoms in total. The fourth-order valence-corrected chi connectivity index (χ4v) is 1.63. The molecule has 2 rings (SSSR count). The number of H-pyrrole nitrogens is 2. The van der Waals surface area contributed by atoms with Crippen LogP contribution in [0.4, 0.5) is 5.69 Å². The van der Waals surface area contributed by atoms with Crippen LogP contribution in [0.1, 0.15) is 6.42 Å². The summed E-state index contributed by atoms with van der Waals surface area (Å²) in [5, 5.41) is 11.0. The van der Waals surface area contributed by atoms with Crippen LogP contribution < -0.4 is 16.7 Å². The molecule has 1 aromatic heterocycles. The average Bonchev–Trinajstić information content (AvgIpc) is 2.67. The molecular formula is C11H12N4O4. The Morgan fingerprint density at radius 1 is 1.32 bits per heavy atom. The van der Waals surface area contributed by atoms with Crippen molar-refractivity contribution in [2.75, 3.05) is 5.32 Å². The molecule has 0 spiro atoms. The topological polar surface area (TPSA) is 141 Å². The van der Waals surface area contributed by atoms with Gasteiger partial charge in [0.05, 0.1) is 23.5 Å². The van der Waals surface area contributed by atoms with E-state index in [1.807, 2.05) is 0 Å². The number of hydrogen-bond acceptors (Lipinski definition) is 4. The molecule has 0 aliphatic carbocycles. The van der Waals surface area contributed by atoms with Crippen molar-refractivity contribution in [3.8, 4) is 0 Å². The summed E-state index contributed by atoms with van der Waals surface area (Å²) in [7, 11) is 0. The van der Waals surface area contributed by atoms with E-state index in [0.29, 0.717) is 16.7 Å². The number of benzene rings is 1. The van der Waals surface area contributed by atoms with Crippen molar-refractivity contribution in [1.82, 2.24) is 9.97 Å². The third-order valence-corrected chi connectivity index (χ3v) is 2.51. The lowest BCUT2D eigenvalue weighted by molar-refractivity contribution is -0.138. The summed E-state index contributed by atoms with van der Waals surface area (Å²) >= 11 is 0. The number of carbonyl (C=O) groups is 2. The molecule has 6 N–H and O–H groups in total. The number of amides is 1. The van der Waals surface area contributed by atoms with Gasteiger partial charge in [0.2, 0.25) is 5.91 Å². The zero-order chi connectivity index (χ0) is 14.0. The first-order chi connectivity index (χ1) is 8.95. The molecule has 1 heterocycles. The van der Waals surface area contributed by atoms with E-state index in [-0.39, 0.29) is 5.69 Å². The molecule has 2 aromatic rings. The van der Waals surface area contributed by atoms with Crippen LogP contribution in [0.3, 0.4) is 0 Å². The SMILES string of the molecule is NC(CC(=O)O)C(=O)Nc1ccc2[nH]c(=O)[nH]c2c1. The summed E-state index contributed by atoms with van der Waals surface area (Å²) in [6.07, 6.45) is -0.449. The highest BCUT2D eigenvalue weighted by atomic mass is 16.4. The standard InChI is InChI=1S/C11H12N4O4/c12-6(4-9(16)17)10(18)13-5-1-2-7-8(3-5)15-11(19)14-7/h1-3,6H,4,12H2,(H,13,18)(H,16,17)(H2,14,15,19). The number of carboxylic acids is 1. The van der Waals surface area contributed by atoms with Gasteiger partial charge in [0.1, 0.15) is 0 Å². The van der Waals surface area contributed by atoms with E-state index in [9.17, 15) is 14.4 Å².